The standard InChI is InChI=1S/C9H19N4O6P/c1-13(2,3)5-7-19-20(16,17)18-6-4-8(9(14)15)11-12-10/h8H,4-7H2,1-3H3,(H-,14,15,16,17)/t8-/m0/s1. The first-order valence-corrected chi connectivity index (χ1v) is 7.21. The summed E-state index contributed by atoms with van der Waals surface area (Å²) in [5, 5.41) is 11.7. The van der Waals surface area contributed by atoms with Gasteiger partial charge in [0.15, 0.2) is 0 Å². The molecule has 0 fully saturated rings. The van der Waals surface area contributed by atoms with Crippen molar-refractivity contribution >= 4 is 13.8 Å². The van der Waals surface area contributed by atoms with Gasteiger partial charge in [0.2, 0.25) is 0 Å². The molecule has 0 aliphatic carbocycles. The van der Waals surface area contributed by atoms with Gasteiger partial charge in [-0.25, -0.2) is 0 Å². The fourth-order valence-corrected chi connectivity index (χ4v) is 1.74. The minimum atomic E-state index is -4.47. The summed E-state index contributed by atoms with van der Waals surface area (Å²) in [7, 11) is 1.15. The predicted octanol–water partition coefficient (Wildman–Crippen LogP) is 0.348. The normalized spacial score (nSPS) is 16.0. The third-order valence-electron chi connectivity index (χ3n) is 2.13. The highest BCUT2D eigenvalue weighted by Gasteiger charge is 2.18. The van der Waals surface area contributed by atoms with Gasteiger partial charge < -0.3 is 23.5 Å². The summed E-state index contributed by atoms with van der Waals surface area (Å²) in [6, 6.07) is -1.37. The maximum absolute atomic E-state index is 11.4. The van der Waals surface area contributed by atoms with Crippen LogP contribution in [-0.4, -0.2) is 62.5 Å². The van der Waals surface area contributed by atoms with Crippen LogP contribution in [0.4, 0.5) is 0 Å². The molecule has 0 aliphatic rings. The number of hydrogen-bond donors (Lipinski definition) is 1. The molecule has 116 valence electrons. The van der Waals surface area contributed by atoms with Gasteiger partial charge in [-0.05, 0) is 12.0 Å². The zero-order valence-electron chi connectivity index (χ0n) is 11.6. The Morgan fingerprint density at radius 1 is 1.45 bits per heavy atom. The van der Waals surface area contributed by atoms with E-state index in [0.29, 0.717) is 11.0 Å². The van der Waals surface area contributed by atoms with Gasteiger partial charge in [0, 0.05) is 4.91 Å². The SMILES string of the molecule is C[N+](C)(C)CCOP(=O)([O-])OCC[C@H](N=[N+]=[N-])C(=O)O. The van der Waals surface area contributed by atoms with Crippen molar-refractivity contribution in [1.29, 1.82) is 0 Å². The van der Waals surface area contributed by atoms with Crippen LogP contribution in [0.5, 0.6) is 0 Å². The lowest BCUT2D eigenvalue weighted by Gasteiger charge is -2.27. The number of nitrogens with zero attached hydrogens (tertiary/aromatic N) is 4. The van der Waals surface area contributed by atoms with Gasteiger partial charge in [0.25, 0.3) is 7.82 Å². The highest BCUT2D eigenvalue weighted by molar-refractivity contribution is 7.45. The van der Waals surface area contributed by atoms with Gasteiger partial charge in [-0.3, -0.25) is 9.36 Å². The average molecular weight is 310 g/mol. The van der Waals surface area contributed by atoms with Crippen LogP contribution in [0, 0.1) is 0 Å². The van der Waals surface area contributed by atoms with Crippen molar-refractivity contribution in [1.82, 2.24) is 0 Å². The van der Waals surface area contributed by atoms with Crippen molar-refractivity contribution in [3.05, 3.63) is 10.4 Å². The largest absolute Gasteiger partial charge is 0.756 e. The molecule has 0 rings (SSSR count). The number of carboxylic acid groups (broad SMARTS) is 1. The molecule has 11 heteroatoms. The number of rotatable bonds is 10. The molecular weight excluding hydrogens is 291 g/mol. The molecule has 0 saturated carbocycles. The molecule has 0 heterocycles. The Kier molecular flexibility index (Phi) is 7.74. The van der Waals surface area contributed by atoms with Crippen LogP contribution in [0.1, 0.15) is 6.42 Å². The molecule has 0 bridgehead atoms. The van der Waals surface area contributed by atoms with Crippen molar-refractivity contribution in [2.75, 3.05) is 40.9 Å². The number of hydrogen-bond acceptors (Lipinski definition) is 6. The van der Waals surface area contributed by atoms with Gasteiger partial charge in [0.05, 0.1) is 27.7 Å². The number of carbonyl (C=O) groups is 1. The second-order valence-corrected chi connectivity index (χ2v) is 6.39. The lowest BCUT2D eigenvalue weighted by atomic mass is 10.2. The average Bonchev–Trinajstić information content (AvgIpc) is 2.25. The summed E-state index contributed by atoms with van der Waals surface area (Å²) >= 11 is 0. The Morgan fingerprint density at radius 3 is 2.45 bits per heavy atom. The summed E-state index contributed by atoms with van der Waals surface area (Å²) in [6.07, 6.45) is -0.260. The number of phosphoric ester groups is 1. The topological polar surface area (TPSA) is 145 Å². The van der Waals surface area contributed by atoms with Crippen molar-refractivity contribution < 1.29 is 32.9 Å². The van der Waals surface area contributed by atoms with E-state index in [1.165, 1.54) is 0 Å². The first kappa shape index (κ1) is 18.9. The van der Waals surface area contributed by atoms with Gasteiger partial charge in [0.1, 0.15) is 19.2 Å². The minimum Gasteiger partial charge on any atom is -0.756 e. The van der Waals surface area contributed by atoms with Crippen LogP contribution in [0.15, 0.2) is 5.11 Å². The van der Waals surface area contributed by atoms with E-state index in [-0.39, 0.29) is 13.0 Å². The molecule has 0 aromatic carbocycles. The lowest BCUT2D eigenvalue weighted by Crippen LogP contribution is -2.37. The van der Waals surface area contributed by atoms with Crippen LogP contribution < -0.4 is 4.89 Å². The second kappa shape index (κ2) is 8.21. The second-order valence-electron chi connectivity index (χ2n) is 4.98. The molecule has 0 aliphatic heterocycles. The zero-order chi connectivity index (χ0) is 15.8. The van der Waals surface area contributed by atoms with Gasteiger partial charge in [-0.15, -0.1) is 0 Å². The number of aliphatic carboxylic acids is 1. The van der Waals surface area contributed by atoms with Crippen molar-refractivity contribution in [3.8, 4) is 0 Å². The quantitative estimate of drug-likeness (QED) is 0.202. The molecule has 2 atom stereocenters. The van der Waals surface area contributed by atoms with Crippen LogP contribution >= 0.6 is 7.82 Å². The number of likely N-dealkylation sites (N-methyl/N-ethyl adjacent to an activating group) is 1. The van der Waals surface area contributed by atoms with E-state index < -0.39 is 26.4 Å². The Bertz CT molecular complexity index is 415. The molecule has 0 spiro atoms. The van der Waals surface area contributed by atoms with Crippen LogP contribution in [-0.2, 0) is 18.4 Å². The maximum Gasteiger partial charge on any atom is 0.312 e. The van der Waals surface area contributed by atoms with E-state index in [1.54, 1.807) is 0 Å². The summed E-state index contributed by atoms with van der Waals surface area (Å²) in [5.41, 5.74) is 8.15. The van der Waals surface area contributed by atoms with Crippen molar-refractivity contribution in [2.24, 2.45) is 5.11 Å². The van der Waals surface area contributed by atoms with E-state index >= 15 is 0 Å². The van der Waals surface area contributed by atoms with Gasteiger partial charge in [-0.2, -0.15) is 0 Å². The fraction of sp³-hybridized carbons (Fsp3) is 0.889. The molecule has 10 nitrogen and oxygen atoms in total. The van der Waals surface area contributed by atoms with E-state index in [4.69, 9.17) is 10.6 Å². The number of phosphoric acid groups is 1. The van der Waals surface area contributed by atoms with E-state index in [0.717, 1.165) is 0 Å². The molecule has 1 N–H and O–H groups in total. The van der Waals surface area contributed by atoms with Crippen LogP contribution in [0.25, 0.3) is 10.4 Å². The Hall–Kier alpha value is -1.15. The third kappa shape index (κ3) is 9.74. The summed E-state index contributed by atoms with van der Waals surface area (Å²) in [6.45, 7) is -0.00378. The molecule has 0 saturated heterocycles. The molecule has 0 radical (unpaired) electrons. The Balaban J connectivity index is 4.12. The Labute approximate surface area is 116 Å². The van der Waals surface area contributed by atoms with Crippen molar-refractivity contribution in [2.45, 2.75) is 12.5 Å². The summed E-state index contributed by atoms with van der Waals surface area (Å²) in [5.74, 6) is -1.35. The molecule has 0 aromatic rings. The fourth-order valence-electron chi connectivity index (χ4n) is 1.03. The van der Waals surface area contributed by atoms with E-state index in [1.807, 2.05) is 21.1 Å². The van der Waals surface area contributed by atoms with Gasteiger partial charge >= 0.3 is 5.97 Å². The number of azide groups is 1. The zero-order valence-corrected chi connectivity index (χ0v) is 12.5. The maximum atomic E-state index is 11.4. The summed E-state index contributed by atoms with van der Waals surface area (Å²) in [4.78, 5) is 24.3. The summed E-state index contributed by atoms with van der Waals surface area (Å²) < 4.78 is 21.0. The van der Waals surface area contributed by atoms with E-state index in [2.05, 4.69) is 19.1 Å². The first-order valence-electron chi connectivity index (χ1n) is 5.75. The first-order chi connectivity index (χ1) is 9.07. The van der Waals surface area contributed by atoms with Crippen molar-refractivity contribution in [3.63, 3.8) is 0 Å². The number of quaternary nitrogens is 1. The number of carboxylic acids is 1. The van der Waals surface area contributed by atoms with Gasteiger partial charge in [-0.1, -0.05) is 5.11 Å². The van der Waals surface area contributed by atoms with E-state index in [9.17, 15) is 14.3 Å². The Morgan fingerprint density at radius 2 is 2.00 bits per heavy atom. The highest BCUT2D eigenvalue weighted by Crippen LogP contribution is 2.38. The predicted molar refractivity (Wildman–Crippen MR) is 67.6 cm³/mol. The lowest BCUT2D eigenvalue weighted by molar-refractivity contribution is -0.870. The minimum absolute atomic E-state index is 0.0387. The molecule has 20 heavy (non-hydrogen) atoms. The smallest absolute Gasteiger partial charge is 0.312 e. The molecule has 1 unspecified atom stereocenters. The molecule has 0 amide bonds. The third-order valence-corrected chi connectivity index (χ3v) is 3.13. The molecular formula is C9H19N4O6P. The van der Waals surface area contributed by atoms with Crippen LogP contribution in [0.2, 0.25) is 0 Å². The van der Waals surface area contributed by atoms with Crippen LogP contribution in [0.3, 0.4) is 0 Å². The molecule has 0 aromatic heterocycles. The monoisotopic (exact) mass is 310 g/mol. The highest BCUT2D eigenvalue weighted by atomic mass is 31.2.